The van der Waals surface area contributed by atoms with E-state index in [1.54, 1.807) is 36.4 Å². The molecule has 3 heterocycles. The molecule has 3 unspecified atom stereocenters. The van der Waals surface area contributed by atoms with E-state index in [9.17, 15) is 13.2 Å². The van der Waals surface area contributed by atoms with Crippen molar-refractivity contribution in [1.82, 2.24) is 16.0 Å². The predicted molar refractivity (Wildman–Crippen MR) is 204 cm³/mol. The topological polar surface area (TPSA) is 117 Å². The number of alkyl halides is 3. The zero-order valence-electron chi connectivity index (χ0n) is 31.5. The van der Waals surface area contributed by atoms with Gasteiger partial charge in [0, 0.05) is 19.6 Å². The quantitative estimate of drug-likeness (QED) is 0.249. The number of halogens is 3. The molecule has 3 saturated heterocycles. The highest BCUT2D eigenvalue weighted by Gasteiger charge is 2.26. The molecule has 10 heteroatoms. The molecule has 0 spiro atoms. The Morgan fingerprint density at radius 2 is 1.21 bits per heavy atom. The molecular formula is C42H57F3N6O. The van der Waals surface area contributed by atoms with Gasteiger partial charge in [0.15, 0.2) is 0 Å². The second-order valence-electron chi connectivity index (χ2n) is 12.0. The highest BCUT2D eigenvalue weighted by molar-refractivity contribution is 5.36. The summed E-state index contributed by atoms with van der Waals surface area (Å²) in [5, 5.41) is 34.9. The first-order chi connectivity index (χ1) is 25.3. The van der Waals surface area contributed by atoms with Gasteiger partial charge in [-0.3, -0.25) is 0 Å². The molecule has 7 nitrogen and oxygen atoms in total. The number of rotatable bonds is 4. The fourth-order valence-electron chi connectivity index (χ4n) is 5.44. The Hall–Kier alpha value is -4.40. The first-order valence-corrected chi connectivity index (χ1v) is 18.5. The smallest absolute Gasteiger partial charge is 0.149 e. The van der Waals surface area contributed by atoms with E-state index in [2.05, 4.69) is 28.1 Å². The van der Waals surface area contributed by atoms with E-state index in [-0.39, 0.29) is 5.92 Å². The summed E-state index contributed by atoms with van der Waals surface area (Å²) in [6.45, 7) is 14.0. The number of benzene rings is 3. The number of piperidine rings is 3. The van der Waals surface area contributed by atoms with E-state index in [1.165, 1.54) is 0 Å². The van der Waals surface area contributed by atoms with Crippen LogP contribution in [0, 0.1) is 46.8 Å². The molecule has 52 heavy (non-hydrogen) atoms. The van der Waals surface area contributed by atoms with Gasteiger partial charge in [-0.15, -0.1) is 0 Å². The molecule has 3 fully saturated rings. The van der Waals surface area contributed by atoms with Crippen molar-refractivity contribution in [2.45, 2.75) is 91.3 Å². The minimum atomic E-state index is -0.987. The molecule has 0 bridgehead atoms. The van der Waals surface area contributed by atoms with Crippen LogP contribution >= 0.6 is 0 Å². The predicted octanol–water partition coefficient (Wildman–Crippen LogP) is 8.31. The molecule has 3 aromatic carbocycles. The minimum absolute atomic E-state index is 0.0928. The van der Waals surface area contributed by atoms with E-state index in [4.69, 9.17) is 20.5 Å². The van der Waals surface area contributed by atoms with Crippen LogP contribution in [0.25, 0.3) is 0 Å². The van der Waals surface area contributed by atoms with Gasteiger partial charge in [-0.25, -0.2) is 13.2 Å². The van der Waals surface area contributed by atoms with Crippen LogP contribution in [0.4, 0.5) is 13.2 Å². The lowest BCUT2D eigenvalue weighted by Gasteiger charge is -2.27. The van der Waals surface area contributed by atoms with Crippen LogP contribution in [0.3, 0.4) is 0 Å². The minimum Gasteiger partial charge on any atom is -0.487 e. The largest absolute Gasteiger partial charge is 0.487 e. The van der Waals surface area contributed by atoms with E-state index >= 15 is 0 Å². The SMILES string of the molecule is CC.CC.Cc1cccc(C#N)c1.FC1CCCNC1.N#Cc1cccc(CC2CCNC[C@H]2F)c1.N#Cc1cccc(OC2CCNC[C@H]2F)c1. The lowest BCUT2D eigenvalue weighted by Crippen LogP contribution is -2.44. The molecule has 282 valence electrons. The number of nitrogens with one attached hydrogen (secondary N) is 3. The Bertz CT molecular complexity index is 1430. The fraction of sp³-hybridized carbons (Fsp3) is 0.500. The third kappa shape index (κ3) is 18.7. The highest BCUT2D eigenvalue weighted by Crippen LogP contribution is 2.22. The maximum atomic E-state index is 13.6. The van der Waals surface area contributed by atoms with Crippen molar-refractivity contribution in [2.24, 2.45) is 5.92 Å². The molecule has 0 radical (unpaired) electrons. The van der Waals surface area contributed by atoms with Gasteiger partial charge in [-0.1, -0.05) is 58.0 Å². The van der Waals surface area contributed by atoms with E-state index < -0.39 is 24.6 Å². The third-order valence-corrected chi connectivity index (χ3v) is 8.08. The average molecular weight is 719 g/mol. The van der Waals surface area contributed by atoms with E-state index in [1.807, 2.05) is 77.1 Å². The molecule has 3 aliphatic rings. The zero-order valence-corrected chi connectivity index (χ0v) is 31.5. The molecule has 6 rings (SSSR count). The lowest BCUT2D eigenvalue weighted by atomic mass is 9.89. The molecule has 0 aromatic heterocycles. The zero-order chi connectivity index (χ0) is 38.6. The van der Waals surface area contributed by atoms with Crippen LogP contribution in [0.5, 0.6) is 5.75 Å². The van der Waals surface area contributed by atoms with Crippen LogP contribution in [0.1, 0.15) is 81.2 Å². The number of aryl methyl sites for hydroxylation is 1. The normalized spacial score (nSPS) is 21.4. The Kier molecular flexibility index (Phi) is 24.8. The molecule has 5 atom stereocenters. The summed E-state index contributed by atoms with van der Waals surface area (Å²) >= 11 is 0. The Balaban J connectivity index is 0.000000351. The van der Waals surface area contributed by atoms with Crippen molar-refractivity contribution >= 4 is 0 Å². The van der Waals surface area contributed by atoms with Crippen molar-refractivity contribution in [3.05, 3.63) is 101 Å². The fourth-order valence-corrected chi connectivity index (χ4v) is 5.44. The van der Waals surface area contributed by atoms with Crippen molar-refractivity contribution in [3.8, 4) is 24.0 Å². The monoisotopic (exact) mass is 718 g/mol. The lowest BCUT2D eigenvalue weighted by molar-refractivity contribution is 0.0731. The van der Waals surface area contributed by atoms with Crippen LogP contribution < -0.4 is 20.7 Å². The second-order valence-corrected chi connectivity index (χ2v) is 12.0. The first kappa shape index (κ1) is 45.6. The molecule has 3 aromatic rings. The number of hydrogen-bond donors (Lipinski definition) is 3. The summed E-state index contributed by atoms with van der Waals surface area (Å²) in [7, 11) is 0. The summed E-state index contributed by atoms with van der Waals surface area (Å²) in [6, 6.07) is 28.0. The first-order valence-electron chi connectivity index (χ1n) is 18.5. The number of ether oxygens (including phenoxy) is 1. The summed E-state index contributed by atoms with van der Waals surface area (Å²) in [6.07, 6.45) is 1.28. The van der Waals surface area contributed by atoms with Crippen molar-refractivity contribution in [3.63, 3.8) is 0 Å². The average Bonchev–Trinajstić information content (AvgIpc) is 3.19. The van der Waals surface area contributed by atoms with Gasteiger partial charge in [0.1, 0.15) is 30.4 Å². The van der Waals surface area contributed by atoms with Gasteiger partial charge in [0.25, 0.3) is 0 Å². The van der Waals surface area contributed by atoms with Gasteiger partial charge in [-0.2, -0.15) is 15.8 Å². The van der Waals surface area contributed by atoms with Gasteiger partial charge in [0.05, 0.1) is 34.9 Å². The molecule has 3 aliphatic heterocycles. The summed E-state index contributed by atoms with van der Waals surface area (Å²) in [4.78, 5) is 0. The molecule has 0 aliphatic carbocycles. The van der Waals surface area contributed by atoms with Crippen molar-refractivity contribution in [2.75, 3.05) is 39.3 Å². The number of nitrogens with zero attached hydrogens (tertiary/aromatic N) is 3. The van der Waals surface area contributed by atoms with E-state index in [0.29, 0.717) is 42.9 Å². The maximum Gasteiger partial charge on any atom is 0.149 e. The Morgan fingerprint density at radius 3 is 1.73 bits per heavy atom. The molecule has 3 N–H and O–H groups in total. The Labute approximate surface area is 310 Å². The standard InChI is InChI=1S/C13H15FN2.C12H13FN2O.C8H7N.C5H10FN.2C2H6/c14-13-9-16-5-4-12(13)7-10-2-1-3-11(6-10)8-15;13-11-8-15-5-4-12(11)16-10-3-1-2-9(6-10)7-14;1-7-3-2-4-8(5-7)6-9;6-5-2-1-3-7-4-5;2*1-2/h1-3,6,12-13,16H,4-5,7,9H2;1-3,6,11-12,15H,4-5,8H2;2-5H,1H3;5,7H,1-4H2;2*1-2H3/t12?,13-;11-,12?;;;;/m11..../s1. The number of nitriles is 3. The van der Waals surface area contributed by atoms with E-state index in [0.717, 1.165) is 62.0 Å². The summed E-state index contributed by atoms with van der Waals surface area (Å²) in [5.41, 5.74) is 4.11. The van der Waals surface area contributed by atoms with Crippen LogP contribution in [0.2, 0.25) is 0 Å². The maximum absolute atomic E-state index is 13.6. The summed E-state index contributed by atoms with van der Waals surface area (Å²) in [5.74, 6) is 0.656. The summed E-state index contributed by atoms with van der Waals surface area (Å²) < 4.78 is 44.7. The van der Waals surface area contributed by atoms with Gasteiger partial charge >= 0.3 is 0 Å². The third-order valence-electron chi connectivity index (χ3n) is 8.08. The van der Waals surface area contributed by atoms with Crippen molar-refractivity contribution in [1.29, 1.82) is 15.8 Å². The van der Waals surface area contributed by atoms with Crippen LogP contribution in [-0.2, 0) is 6.42 Å². The Morgan fingerprint density at radius 1 is 0.654 bits per heavy atom. The van der Waals surface area contributed by atoms with Crippen LogP contribution in [0.15, 0.2) is 72.8 Å². The van der Waals surface area contributed by atoms with Gasteiger partial charge in [0.2, 0.25) is 0 Å². The van der Waals surface area contributed by atoms with Crippen molar-refractivity contribution < 1.29 is 17.9 Å². The highest BCUT2D eigenvalue weighted by atomic mass is 19.1. The van der Waals surface area contributed by atoms with Gasteiger partial charge < -0.3 is 20.7 Å². The van der Waals surface area contributed by atoms with Crippen LogP contribution in [-0.4, -0.2) is 63.9 Å². The second kappa shape index (κ2) is 28.2. The molecule has 0 saturated carbocycles. The molecule has 0 amide bonds. The van der Waals surface area contributed by atoms with Gasteiger partial charge in [-0.05, 0) is 118 Å². The molecular weight excluding hydrogens is 661 g/mol. The number of hydrogen-bond acceptors (Lipinski definition) is 7.